The second kappa shape index (κ2) is 6.50. The first-order valence-corrected chi connectivity index (χ1v) is 6.19. The van der Waals surface area contributed by atoms with E-state index in [2.05, 4.69) is 5.32 Å². The molecule has 0 amide bonds. The number of carbonyl (C=O) groups is 1. The summed E-state index contributed by atoms with van der Waals surface area (Å²) in [6.07, 6.45) is 0. The Morgan fingerprint density at radius 2 is 2.12 bits per heavy atom. The van der Waals surface area contributed by atoms with Gasteiger partial charge >= 0.3 is 5.97 Å². The average Bonchev–Trinajstić information content (AvgIpc) is 2.27. The molecule has 1 aromatic rings. The molecular formula is C11H13NO2S2. The molecule has 1 unspecified atom stereocenters. The summed E-state index contributed by atoms with van der Waals surface area (Å²) in [5.74, 6) is -0.866. The largest absolute Gasteiger partial charge is 0.481 e. The molecule has 0 aromatic heterocycles. The molecule has 0 spiro atoms. The Hall–Kier alpha value is -1.07. The number of carboxylic acid groups (broad SMARTS) is 1. The summed E-state index contributed by atoms with van der Waals surface area (Å²) >= 11 is 6.17. The minimum absolute atomic E-state index is 0.00660. The molecule has 86 valence electrons. The molecule has 5 heteroatoms. The number of hydrogen-bond donors (Lipinski definition) is 2. The average molecular weight is 255 g/mol. The van der Waals surface area contributed by atoms with Gasteiger partial charge in [-0.1, -0.05) is 54.3 Å². The lowest BCUT2D eigenvalue weighted by Crippen LogP contribution is -2.23. The van der Waals surface area contributed by atoms with Gasteiger partial charge in [0.05, 0.1) is 5.75 Å². The molecule has 0 saturated heterocycles. The molecule has 0 aliphatic rings. The molecule has 0 aliphatic heterocycles. The van der Waals surface area contributed by atoms with E-state index in [4.69, 9.17) is 17.3 Å². The number of benzene rings is 1. The van der Waals surface area contributed by atoms with Crippen molar-refractivity contribution in [1.29, 1.82) is 0 Å². The lowest BCUT2D eigenvalue weighted by molar-refractivity contribution is -0.133. The van der Waals surface area contributed by atoms with Gasteiger partial charge in [-0.25, -0.2) is 0 Å². The van der Waals surface area contributed by atoms with Crippen molar-refractivity contribution in [2.75, 3.05) is 5.75 Å². The Kier molecular flexibility index (Phi) is 5.28. The molecule has 0 aliphatic carbocycles. The van der Waals surface area contributed by atoms with Gasteiger partial charge in [-0.2, -0.15) is 0 Å². The first-order chi connectivity index (χ1) is 7.59. The lowest BCUT2D eigenvalue weighted by atomic mass is 10.1. The summed E-state index contributed by atoms with van der Waals surface area (Å²) in [5.41, 5.74) is 1.13. The predicted octanol–water partition coefficient (Wildman–Crippen LogP) is 2.44. The maximum Gasteiger partial charge on any atom is 0.313 e. The van der Waals surface area contributed by atoms with Crippen LogP contribution in [0.1, 0.15) is 18.5 Å². The Bertz CT molecular complexity index is 368. The molecule has 0 saturated carbocycles. The maximum atomic E-state index is 10.4. The Morgan fingerprint density at radius 3 is 2.69 bits per heavy atom. The lowest BCUT2D eigenvalue weighted by Gasteiger charge is -2.15. The van der Waals surface area contributed by atoms with Gasteiger partial charge in [0.2, 0.25) is 0 Å². The normalized spacial score (nSPS) is 11.8. The van der Waals surface area contributed by atoms with E-state index >= 15 is 0 Å². The summed E-state index contributed by atoms with van der Waals surface area (Å²) in [4.78, 5) is 10.4. The van der Waals surface area contributed by atoms with Crippen LogP contribution in [0.25, 0.3) is 0 Å². The van der Waals surface area contributed by atoms with Crippen LogP contribution in [0.3, 0.4) is 0 Å². The topological polar surface area (TPSA) is 49.3 Å². The molecule has 2 N–H and O–H groups in total. The highest BCUT2D eigenvalue weighted by Crippen LogP contribution is 2.13. The predicted molar refractivity (Wildman–Crippen MR) is 70.7 cm³/mol. The minimum atomic E-state index is -0.860. The minimum Gasteiger partial charge on any atom is -0.481 e. The van der Waals surface area contributed by atoms with Crippen molar-refractivity contribution in [2.45, 2.75) is 13.0 Å². The maximum absolute atomic E-state index is 10.4. The van der Waals surface area contributed by atoms with Gasteiger partial charge in [0.25, 0.3) is 0 Å². The molecule has 1 aromatic carbocycles. The van der Waals surface area contributed by atoms with Crippen LogP contribution in [0.15, 0.2) is 30.3 Å². The first-order valence-electron chi connectivity index (χ1n) is 4.79. The second-order valence-corrected chi connectivity index (χ2v) is 4.90. The van der Waals surface area contributed by atoms with E-state index in [1.165, 1.54) is 0 Å². The van der Waals surface area contributed by atoms with Crippen LogP contribution in [0, 0.1) is 0 Å². The van der Waals surface area contributed by atoms with Gasteiger partial charge in [-0.3, -0.25) is 4.79 Å². The zero-order chi connectivity index (χ0) is 12.0. The molecule has 0 heterocycles. The highest BCUT2D eigenvalue weighted by atomic mass is 32.2. The monoisotopic (exact) mass is 255 g/mol. The van der Waals surface area contributed by atoms with Gasteiger partial charge < -0.3 is 10.4 Å². The van der Waals surface area contributed by atoms with Crippen LogP contribution in [0.4, 0.5) is 0 Å². The van der Waals surface area contributed by atoms with E-state index in [1.807, 2.05) is 37.3 Å². The van der Waals surface area contributed by atoms with Gasteiger partial charge in [0, 0.05) is 6.04 Å². The van der Waals surface area contributed by atoms with Crippen molar-refractivity contribution >= 4 is 34.3 Å². The van der Waals surface area contributed by atoms with Crippen molar-refractivity contribution < 1.29 is 9.90 Å². The summed E-state index contributed by atoms with van der Waals surface area (Å²) in [6, 6.07) is 9.97. The number of carboxylic acids is 1. The number of thiocarbonyl (C=S) groups is 1. The van der Waals surface area contributed by atoms with E-state index in [-0.39, 0.29) is 11.8 Å². The second-order valence-electron chi connectivity index (χ2n) is 3.25. The molecule has 0 radical (unpaired) electrons. The standard InChI is InChI=1S/C11H13NO2S2/c1-8(9-5-3-2-4-6-9)12-11(15)16-7-10(13)14/h2-6,8H,7H2,1H3,(H,12,15)(H,13,14). The fourth-order valence-corrected chi connectivity index (χ4v) is 2.04. The number of thioether (sulfide) groups is 1. The van der Waals surface area contributed by atoms with E-state index in [0.717, 1.165) is 17.3 Å². The van der Waals surface area contributed by atoms with Gasteiger partial charge in [0.1, 0.15) is 4.32 Å². The third-order valence-electron chi connectivity index (χ3n) is 1.96. The van der Waals surface area contributed by atoms with Crippen LogP contribution in [-0.4, -0.2) is 21.1 Å². The smallest absolute Gasteiger partial charge is 0.313 e. The van der Waals surface area contributed by atoms with Crippen molar-refractivity contribution in [1.82, 2.24) is 5.32 Å². The third-order valence-corrected chi connectivity index (χ3v) is 3.20. The van der Waals surface area contributed by atoms with Crippen molar-refractivity contribution in [3.05, 3.63) is 35.9 Å². The highest BCUT2D eigenvalue weighted by molar-refractivity contribution is 8.23. The molecule has 3 nitrogen and oxygen atoms in total. The van der Waals surface area contributed by atoms with Crippen LogP contribution < -0.4 is 5.32 Å². The molecule has 1 rings (SSSR count). The zero-order valence-electron chi connectivity index (χ0n) is 8.84. The number of rotatable bonds is 4. The van der Waals surface area contributed by atoms with Crippen LogP contribution in [-0.2, 0) is 4.79 Å². The molecule has 1 atom stereocenters. The summed E-state index contributed by atoms with van der Waals surface area (Å²) in [7, 11) is 0. The Balaban J connectivity index is 2.43. The number of hydrogen-bond acceptors (Lipinski definition) is 3. The Morgan fingerprint density at radius 1 is 1.50 bits per heavy atom. The zero-order valence-corrected chi connectivity index (χ0v) is 10.5. The highest BCUT2D eigenvalue weighted by Gasteiger charge is 2.07. The molecule has 0 fully saturated rings. The molecule has 0 bridgehead atoms. The quantitative estimate of drug-likeness (QED) is 0.809. The van der Waals surface area contributed by atoms with Crippen LogP contribution >= 0.6 is 24.0 Å². The van der Waals surface area contributed by atoms with E-state index in [0.29, 0.717) is 4.32 Å². The number of nitrogens with one attached hydrogen (secondary N) is 1. The van der Waals surface area contributed by atoms with Gasteiger partial charge in [-0.15, -0.1) is 0 Å². The summed E-state index contributed by atoms with van der Waals surface area (Å²) < 4.78 is 0.513. The third kappa shape index (κ3) is 4.63. The van der Waals surface area contributed by atoms with Crippen molar-refractivity contribution in [3.63, 3.8) is 0 Å². The fraction of sp³-hybridized carbons (Fsp3) is 0.273. The van der Waals surface area contributed by atoms with Gasteiger partial charge in [0.15, 0.2) is 0 Å². The fourth-order valence-electron chi connectivity index (χ4n) is 1.17. The van der Waals surface area contributed by atoms with Crippen molar-refractivity contribution in [3.8, 4) is 0 Å². The first kappa shape index (κ1) is 13.0. The SMILES string of the molecule is CC(NC(=S)SCC(=O)O)c1ccccc1. The van der Waals surface area contributed by atoms with Crippen LogP contribution in [0.5, 0.6) is 0 Å². The van der Waals surface area contributed by atoms with E-state index in [9.17, 15) is 4.79 Å². The number of aliphatic carboxylic acids is 1. The van der Waals surface area contributed by atoms with E-state index < -0.39 is 5.97 Å². The summed E-state index contributed by atoms with van der Waals surface area (Å²) in [5, 5.41) is 11.6. The van der Waals surface area contributed by atoms with Crippen molar-refractivity contribution in [2.24, 2.45) is 0 Å². The molecule has 16 heavy (non-hydrogen) atoms. The van der Waals surface area contributed by atoms with Gasteiger partial charge in [-0.05, 0) is 12.5 Å². The Labute approximate surface area is 104 Å². The van der Waals surface area contributed by atoms with Crippen LogP contribution in [0.2, 0.25) is 0 Å². The van der Waals surface area contributed by atoms with E-state index in [1.54, 1.807) is 0 Å². The summed E-state index contributed by atoms with van der Waals surface area (Å²) in [6.45, 7) is 1.99. The molecular weight excluding hydrogens is 242 g/mol.